The van der Waals surface area contributed by atoms with E-state index < -0.39 is 0 Å². The maximum Gasteiger partial charge on any atom is 0.0312 e. The summed E-state index contributed by atoms with van der Waals surface area (Å²) in [5.74, 6) is 0. The van der Waals surface area contributed by atoms with E-state index in [-0.39, 0.29) is 0 Å². The van der Waals surface area contributed by atoms with Gasteiger partial charge in [-0.05, 0) is 44.0 Å². The molecule has 0 unspecified atom stereocenters. The Bertz CT molecular complexity index is 331. The third kappa shape index (κ3) is 4.92. The van der Waals surface area contributed by atoms with Gasteiger partial charge < -0.3 is 5.73 Å². The summed E-state index contributed by atoms with van der Waals surface area (Å²) in [6.07, 6.45) is 13.2. The fourth-order valence-electron chi connectivity index (χ4n) is 3.03. The highest BCUT2D eigenvalue weighted by Gasteiger charge is 2.19. The first kappa shape index (κ1) is 14.5. The van der Waals surface area contributed by atoms with Crippen molar-refractivity contribution in [2.75, 3.05) is 13.1 Å². The average Bonchev–Trinajstić information content (AvgIpc) is 2.73. The smallest absolute Gasteiger partial charge is 0.0312 e. The second-order valence-electron chi connectivity index (χ2n) is 5.62. The van der Waals surface area contributed by atoms with Crippen molar-refractivity contribution < 1.29 is 0 Å². The Kier molecular flexibility index (Phi) is 6.31. The van der Waals surface area contributed by atoms with Crippen LogP contribution in [0.25, 0.3) is 0 Å². The summed E-state index contributed by atoms with van der Waals surface area (Å²) in [5.41, 5.74) is 7.01. The first-order chi connectivity index (χ1) is 9.40. The molecule has 3 heteroatoms. The van der Waals surface area contributed by atoms with E-state index in [0.717, 1.165) is 32.1 Å². The summed E-state index contributed by atoms with van der Waals surface area (Å²) < 4.78 is 0. The van der Waals surface area contributed by atoms with Crippen molar-refractivity contribution in [2.24, 2.45) is 5.73 Å². The molecule has 2 rings (SSSR count). The molecule has 1 aliphatic carbocycles. The lowest BCUT2D eigenvalue weighted by Gasteiger charge is -2.31. The molecule has 1 aliphatic rings. The molecular formula is C16H27N3. The Labute approximate surface area is 117 Å². The minimum absolute atomic E-state index is 0.745. The van der Waals surface area contributed by atoms with Crippen molar-refractivity contribution in [2.45, 2.75) is 57.5 Å². The van der Waals surface area contributed by atoms with E-state index in [4.69, 9.17) is 5.73 Å². The lowest BCUT2D eigenvalue weighted by molar-refractivity contribution is 0.169. The first-order valence-electron chi connectivity index (χ1n) is 7.73. The van der Waals surface area contributed by atoms with Gasteiger partial charge in [-0.1, -0.05) is 31.7 Å². The fraction of sp³-hybridized carbons (Fsp3) is 0.688. The number of nitrogens with two attached hydrogens (primary N) is 1. The minimum atomic E-state index is 0.745. The van der Waals surface area contributed by atoms with E-state index in [0.29, 0.717) is 0 Å². The van der Waals surface area contributed by atoms with Crippen LogP contribution in [0.15, 0.2) is 24.5 Å². The van der Waals surface area contributed by atoms with Gasteiger partial charge in [-0.15, -0.1) is 0 Å². The van der Waals surface area contributed by atoms with Crippen molar-refractivity contribution in [3.8, 4) is 0 Å². The van der Waals surface area contributed by atoms with Crippen LogP contribution >= 0.6 is 0 Å². The minimum Gasteiger partial charge on any atom is -0.330 e. The molecule has 0 radical (unpaired) electrons. The average molecular weight is 261 g/mol. The molecule has 0 aliphatic heterocycles. The molecule has 106 valence electrons. The van der Waals surface area contributed by atoms with Crippen LogP contribution in [0.4, 0.5) is 0 Å². The molecule has 0 bridgehead atoms. The highest BCUT2D eigenvalue weighted by atomic mass is 15.2. The molecule has 2 N–H and O–H groups in total. The predicted octanol–water partition coefficient (Wildman–Crippen LogP) is 2.96. The van der Waals surface area contributed by atoms with Crippen molar-refractivity contribution in [1.82, 2.24) is 9.88 Å². The van der Waals surface area contributed by atoms with Crippen LogP contribution in [0.3, 0.4) is 0 Å². The Hall–Kier alpha value is -0.930. The summed E-state index contributed by atoms with van der Waals surface area (Å²) in [7, 11) is 0. The van der Waals surface area contributed by atoms with Crippen LogP contribution < -0.4 is 5.73 Å². The molecule has 1 aromatic rings. The molecule has 1 fully saturated rings. The second kappa shape index (κ2) is 8.28. The molecule has 0 aromatic carbocycles. The number of hydrogen-bond acceptors (Lipinski definition) is 3. The van der Waals surface area contributed by atoms with E-state index in [9.17, 15) is 0 Å². The van der Waals surface area contributed by atoms with Crippen molar-refractivity contribution in [3.63, 3.8) is 0 Å². The molecular weight excluding hydrogens is 234 g/mol. The maximum atomic E-state index is 5.69. The van der Waals surface area contributed by atoms with Crippen LogP contribution in [0.1, 0.15) is 50.5 Å². The maximum absolute atomic E-state index is 5.69. The highest BCUT2D eigenvalue weighted by Crippen LogP contribution is 2.23. The predicted molar refractivity (Wildman–Crippen MR) is 79.8 cm³/mol. The zero-order chi connectivity index (χ0) is 13.3. The van der Waals surface area contributed by atoms with E-state index in [1.807, 2.05) is 18.5 Å². The molecule has 1 heterocycles. The van der Waals surface area contributed by atoms with Crippen LogP contribution in [-0.4, -0.2) is 29.0 Å². The Morgan fingerprint density at radius 2 is 2.00 bits per heavy atom. The van der Waals surface area contributed by atoms with Gasteiger partial charge in [0.2, 0.25) is 0 Å². The number of rotatable bonds is 6. The summed E-state index contributed by atoms with van der Waals surface area (Å²) in [6.45, 7) is 2.94. The van der Waals surface area contributed by atoms with E-state index in [1.165, 1.54) is 44.1 Å². The standard InChI is InChI=1S/C16H27N3/c17-10-6-12-19(14-15-7-5-11-18-13-15)16-8-3-1-2-4-9-16/h5,7,11,13,16H,1-4,6,8-10,12,14,17H2. The monoisotopic (exact) mass is 261 g/mol. The van der Waals surface area contributed by atoms with Gasteiger partial charge in [0.05, 0.1) is 0 Å². The molecule has 1 saturated carbocycles. The lowest BCUT2D eigenvalue weighted by Crippen LogP contribution is -2.36. The molecule has 0 amide bonds. The number of aromatic nitrogens is 1. The Balaban J connectivity index is 1.97. The third-order valence-corrected chi connectivity index (χ3v) is 4.10. The molecule has 0 spiro atoms. The molecule has 1 aromatic heterocycles. The van der Waals surface area contributed by atoms with E-state index in [2.05, 4.69) is 16.0 Å². The summed E-state index contributed by atoms with van der Waals surface area (Å²) in [5, 5.41) is 0. The lowest BCUT2D eigenvalue weighted by atomic mass is 10.1. The number of hydrogen-bond donors (Lipinski definition) is 1. The van der Waals surface area contributed by atoms with Gasteiger partial charge in [0.1, 0.15) is 0 Å². The SMILES string of the molecule is NCCCN(Cc1cccnc1)C1CCCCCC1. The number of nitrogens with zero attached hydrogens (tertiary/aromatic N) is 2. The van der Waals surface area contributed by atoms with Crippen LogP contribution in [0.5, 0.6) is 0 Å². The van der Waals surface area contributed by atoms with Gasteiger partial charge in [-0.25, -0.2) is 0 Å². The fourth-order valence-corrected chi connectivity index (χ4v) is 3.03. The molecule has 0 saturated heterocycles. The van der Waals surface area contributed by atoms with Crippen LogP contribution in [0.2, 0.25) is 0 Å². The van der Waals surface area contributed by atoms with E-state index in [1.54, 1.807) is 0 Å². The van der Waals surface area contributed by atoms with Gasteiger partial charge in [-0.3, -0.25) is 9.88 Å². The van der Waals surface area contributed by atoms with Gasteiger partial charge in [0.25, 0.3) is 0 Å². The van der Waals surface area contributed by atoms with Gasteiger partial charge >= 0.3 is 0 Å². The first-order valence-corrected chi connectivity index (χ1v) is 7.73. The molecule has 3 nitrogen and oxygen atoms in total. The Morgan fingerprint density at radius 3 is 2.63 bits per heavy atom. The quantitative estimate of drug-likeness (QED) is 0.801. The zero-order valence-corrected chi connectivity index (χ0v) is 11.9. The van der Waals surface area contributed by atoms with Crippen LogP contribution in [-0.2, 0) is 6.54 Å². The molecule has 0 atom stereocenters. The van der Waals surface area contributed by atoms with Gasteiger partial charge in [0, 0.05) is 25.0 Å². The van der Waals surface area contributed by atoms with Crippen molar-refractivity contribution in [1.29, 1.82) is 0 Å². The topological polar surface area (TPSA) is 42.1 Å². The van der Waals surface area contributed by atoms with Crippen LogP contribution in [0, 0.1) is 0 Å². The van der Waals surface area contributed by atoms with Crippen molar-refractivity contribution >= 4 is 0 Å². The summed E-state index contributed by atoms with van der Waals surface area (Å²) in [6, 6.07) is 4.96. The second-order valence-corrected chi connectivity index (χ2v) is 5.62. The van der Waals surface area contributed by atoms with Gasteiger partial charge in [0.15, 0.2) is 0 Å². The Morgan fingerprint density at radius 1 is 1.21 bits per heavy atom. The zero-order valence-electron chi connectivity index (χ0n) is 11.9. The normalized spacial score (nSPS) is 17.6. The van der Waals surface area contributed by atoms with E-state index >= 15 is 0 Å². The summed E-state index contributed by atoms with van der Waals surface area (Å²) >= 11 is 0. The third-order valence-electron chi connectivity index (χ3n) is 4.10. The highest BCUT2D eigenvalue weighted by molar-refractivity contribution is 5.08. The number of pyridine rings is 1. The summed E-state index contributed by atoms with van der Waals surface area (Å²) in [4.78, 5) is 6.86. The largest absolute Gasteiger partial charge is 0.330 e. The molecule has 19 heavy (non-hydrogen) atoms. The van der Waals surface area contributed by atoms with Crippen molar-refractivity contribution in [3.05, 3.63) is 30.1 Å². The van der Waals surface area contributed by atoms with Gasteiger partial charge in [-0.2, -0.15) is 0 Å².